The van der Waals surface area contributed by atoms with Crippen molar-refractivity contribution in [3.8, 4) is 11.5 Å². The van der Waals surface area contributed by atoms with Crippen LogP contribution in [0.3, 0.4) is 0 Å². The van der Waals surface area contributed by atoms with Gasteiger partial charge in [-0.05, 0) is 54.9 Å². The number of nitrogens with two attached hydrogens (primary N) is 1. The lowest BCUT2D eigenvalue weighted by Crippen LogP contribution is -2.56. The zero-order valence-corrected chi connectivity index (χ0v) is 25.2. The summed E-state index contributed by atoms with van der Waals surface area (Å²) in [5.41, 5.74) is 4.91. The molecule has 11 heteroatoms. The highest BCUT2D eigenvalue weighted by atomic mass is 16.6. The second kappa shape index (κ2) is 11.9. The topological polar surface area (TPSA) is 157 Å². The molecule has 1 aliphatic carbocycles. The molecule has 1 aromatic heterocycles. The number of esters is 1. The molecule has 0 spiro atoms. The number of methoxy groups -OCH3 is 2. The molecule has 2 heterocycles. The Labute approximate surface area is 259 Å². The SMILES string of the molecule is COc1cc2nc(N3CCC(Cc4ccccc4)(C(=O)OC4CCc5ccccc5C4(O)C(N)=O)CC3)[nH]c(=O)c2cc1OC. The summed E-state index contributed by atoms with van der Waals surface area (Å²) < 4.78 is 16.8. The molecule has 0 radical (unpaired) electrons. The first kappa shape index (κ1) is 30.1. The van der Waals surface area contributed by atoms with Crippen LogP contribution in [0.4, 0.5) is 5.95 Å². The number of carbonyl (C=O) groups is 2. The van der Waals surface area contributed by atoms with Crippen LogP contribution in [0.5, 0.6) is 11.5 Å². The zero-order chi connectivity index (χ0) is 31.8. The average molecular weight is 613 g/mol. The molecule has 1 aliphatic heterocycles. The molecular formula is C34H36N4O7. The number of amides is 1. The Balaban J connectivity index is 1.29. The summed E-state index contributed by atoms with van der Waals surface area (Å²) >= 11 is 0. The van der Waals surface area contributed by atoms with Crippen molar-refractivity contribution < 1.29 is 28.9 Å². The molecule has 4 aromatic rings. The van der Waals surface area contributed by atoms with Crippen LogP contribution in [0.1, 0.15) is 36.0 Å². The monoisotopic (exact) mass is 612 g/mol. The lowest BCUT2D eigenvalue weighted by Gasteiger charge is -2.43. The Kier molecular flexibility index (Phi) is 7.96. The third-order valence-corrected chi connectivity index (χ3v) is 9.23. The number of anilines is 1. The van der Waals surface area contributed by atoms with Gasteiger partial charge in [0.25, 0.3) is 11.5 Å². The number of carbonyl (C=O) groups excluding carboxylic acids is 2. The molecule has 6 rings (SSSR count). The zero-order valence-electron chi connectivity index (χ0n) is 25.2. The number of hydrogen-bond donors (Lipinski definition) is 3. The number of fused-ring (bicyclic) bond motifs is 2. The van der Waals surface area contributed by atoms with Crippen molar-refractivity contribution in [2.24, 2.45) is 11.1 Å². The largest absolute Gasteiger partial charge is 0.493 e. The lowest BCUT2D eigenvalue weighted by molar-refractivity contribution is -0.185. The van der Waals surface area contributed by atoms with Crippen molar-refractivity contribution in [3.63, 3.8) is 0 Å². The molecule has 3 aromatic carbocycles. The number of nitrogens with zero attached hydrogens (tertiary/aromatic N) is 2. The molecule has 1 amide bonds. The number of H-pyrrole nitrogens is 1. The minimum Gasteiger partial charge on any atom is -0.493 e. The summed E-state index contributed by atoms with van der Waals surface area (Å²) in [6, 6.07) is 20.0. The first-order valence-corrected chi connectivity index (χ1v) is 14.9. The van der Waals surface area contributed by atoms with E-state index < -0.39 is 29.0 Å². The van der Waals surface area contributed by atoms with Gasteiger partial charge >= 0.3 is 5.97 Å². The summed E-state index contributed by atoms with van der Waals surface area (Å²) in [5.74, 6) is -0.185. The van der Waals surface area contributed by atoms with Gasteiger partial charge < -0.3 is 30.0 Å². The van der Waals surface area contributed by atoms with Gasteiger partial charge in [-0.15, -0.1) is 0 Å². The first-order chi connectivity index (χ1) is 21.7. The van der Waals surface area contributed by atoms with Crippen molar-refractivity contribution in [1.29, 1.82) is 0 Å². The number of primary amides is 1. The number of benzene rings is 3. The van der Waals surface area contributed by atoms with Crippen LogP contribution in [-0.4, -0.2) is 60.4 Å². The van der Waals surface area contributed by atoms with Crippen LogP contribution in [0.25, 0.3) is 10.9 Å². The molecule has 0 bridgehead atoms. The van der Waals surface area contributed by atoms with E-state index in [1.807, 2.05) is 47.4 Å². The van der Waals surface area contributed by atoms with Gasteiger partial charge in [-0.3, -0.25) is 19.4 Å². The van der Waals surface area contributed by atoms with E-state index in [-0.39, 0.29) is 12.0 Å². The standard InChI is InChI=1S/C34H36N4O7/c1-43-26-18-23-25(19-27(26)44-2)36-32(37-29(23)39)38-16-14-33(15-17-38,20-21-8-4-3-5-9-21)31(41)45-28-13-12-22-10-6-7-11-24(22)34(28,42)30(35)40/h3-11,18-19,28,42H,12-17,20H2,1-2H3,(H2,35,40)(H,36,37,39). The van der Waals surface area contributed by atoms with E-state index in [1.54, 1.807) is 24.3 Å². The maximum absolute atomic E-state index is 14.2. The number of aromatic amines is 1. The van der Waals surface area contributed by atoms with Gasteiger partial charge in [0.05, 0.1) is 30.5 Å². The molecule has 11 nitrogen and oxygen atoms in total. The number of ether oxygens (including phenoxy) is 3. The highest BCUT2D eigenvalue weighted by molar-refractivity contribution is 5.87. The second-order valence-corrected chi connectivity index (χ2v) is 11.8. The van der Waals surface area contributed by atoms with E-state index in [9.17, 15) is 19.5 Å². The summed E-state index contributed by atoms with van der Waals surface area (Å²) in [7, 11) is 3.02. The molecule has 45 heavy (non-hydrogen) atoms. The van der Waals surface area contributed by atoms with Crippen molar-refractivity contribution in [2.75, 3.05) is 32.2 Å². The number of aromatic nitrogens is 2. The third-order valence-electron chi connectivity index (χ3n) is 9.23. The van der Waals surface area contributed by atoms with E-state index in [2.05, 4.69) is 4.98 Å². The molecule has 2 unspecified atom stereocenters. The maximum Gasteiger partial charge on any atom is 0.312 e. The molecule has 0 saturated carbocycles. The Morgan fingerprint density at radius 2 is 1.69 bits per heavy atom. The lowest BCUT2D eigenvalue weighted by atomic mass is 9.73. The predicted octanol–water partition coefficient (Wildman–Crippen LogP) is 3.00. The van der Waals surface area contributed by atoms with Crippen molar-refractivity contribution in [2.45, 2.75) is 43.8 Å². The smallest absolute Gasteiger partial charge is 0.312 e. The van der Waals surface area contributed by atoms with E-state index in [0.29, 0.717) is 72.7 Å². The molecule has 2 aliphatic rings. The van der Waals surface area contributed by atoms with E-state index >= 15 is 0 Å². The van der Waals surface area contributed by atoms with Crippen molar-refractivity contribution in [3.05, 3.63) is 93.8 Å². The highest BCUT2D eigenvalue weighted by Crippen LogP contribution is 2.42. The van der Waals surface area contributed by atoms with E-state index in [4.69, 9.17) is 24.9 Å². The van der Waals surface area contributed by atoms with Gasteiger partial charge in [0.1, 0.15) is 6.10 Å². The molecule has 4 N–H and O–H groups in total. The van der Waals surface area contributed by atoms with Gasteiger partial charge in [0.2, 0.25) is 11.5 Å². The van der Waals surface area contributed by atoms with Crippen LogP contribution >= 0.6 is 0 Å². The van der Waals surface area contributed by atoms with Crippen LogP contribution in [-0.2, 0) is 32.8 Å². The number of aryl methyl sites for hydroxylation is 1. The maximum atomic E-state index is 14.2. The molecule has 1 saturated heterocycles. The Morgan fingerprint density at radius 3 is 2.38 bits per heavy atom. The number of nitrogens with one attached hydrogen (secondary N) is 1. The highest BCUT2D eigenvalue weighted by Gasteiger charge is 2.52. The van der Waals surface area contributed by atoms with Crippen molar-refractivity contribution >= 4 is 28.7 Å². The summed E-state index contributed by atoms with van der Waals surface area (Å²) in [5, 5.41) is 12.0. The molecule has 234 valence electrons. The van der Waals surface area contributed by atoms with Gasteiger partial charge in [0.15, 0.2) is 11.5 Å². The molecule has 2 atom stereocenters. The number of rotatable bonds is 8. The minimum absolute atomic E-state index is 0.256. The van der Waals surface area contributed by atoms with Crippen LogP contribution < -0.4 is 25.7 Å². The normalized spacial score (nSPS) is 20.7. The van der Waals surface area contributed by atoms with E-state index in [1.165, 1.54) is 14.2 Å². The van der Waals surface area contributed by atoms with Gasteiger partial charge in [0, 0.05) is 19.2 Å². The Morgan fingerprint density at radius 1 is 1.02 bits per heavy atom. The fraction of sp³-hybridized carbons (Fsp3) is 0.353. The predicted molar refractivity (Wildman–Crippen MR) is 167 cm³/mol. The number of aliphatic hydroxyl groups is 1. The van der Waals surface area contributed by atoms with Gasteiger partial charge in [-0.1, -0.05) is 54.6 Å². The van der Waals surface area contributed by atoms with Crippen LogP contribution in [0.2, 0.25) is 0 Å². The molecule has 1 fully saturated rings. The van der Waals surface area contributed by atoms with Crippen LogP contribution in [0, 0.1) is 5.41 Å². The minimum atomic E-state index is -2.14. The third kappa shape index (κ3) is 5.37. The van der Waals surface area contributed by atoms with Crippen LogP contribution in [0.15, 0.2) is 71.5 Å². The van der Waals surface area contributed by atoms with Gasteiger partial charge in [-0.2, -0.15) is 0 Å². The molecular weight excluding hydrogens is 576 g/mol. The van der Waals surface area contributed by atoms with Crippen molar-refractivity contribution in [1.82, 2.24) is 9.97 Å². The second-order valence-electron chi connectivity index (χ2n) is 11.8. The summed E-state index contributed by atoms with van der Waals surface area (Å²) in [6.45, 7) is 0.800. The summed E-state index contributed by atoms with van der Waals surface area (Å²) in [6.07, 6.45) is 0.817. The number of piperidine rings is 1. The average Bonchev–Trinajstić information content (AvgIpc) is 3.06. The number of hydrogen-bond acceptors (Lipinski definition) is 9. The summed E-state index contributed by atoms with van der Waals surface area (Å²) in [4.78, 5) is 49.5. The fourth-order valence-electron chi connectivity index (χ4n) is 6.66. The Bertz CT molecular complexity index is 1800. The first-order valence-electron chi connectivity index (χ1n) is 14.9. The Hall–Kier alpha value is -4.90. The quantitative estimate of drug-likeness (QED) is 0.255. The fourth-order valence-corrected chi connectivity index (χ4v) is 6.66. The van der Waals surface area contributed by atoms with Gasteiger partial charge in [-0.25, -0.2) is 4.98 Å². The van der Waals surface area contributed by atoms with E-state index in [0.717, 1.165) is 11.1 Å².